The molecule has 2 N–H and O–H groups in total. The highest BCUT2D eigenvalue weighted by Crippen LogP contribution is 2.24. The number of fused-ring (bicyclic) bond motifs is 1. The van der Waals surface area contributed by atoms with Crippen molar-refractivity contribution >= 4 is 28.4 Å². The lowest BCUT2D eigenvalue weighted by molar-refractivity contribution is -0.135. The van der Waals surface area contributed by atoms with Crippen LogP contribution in [0.15, 0.2) is 47.3 Å². The van der Waals surface area contributed by atoms with Gasteiger partial charge in [-0.25, -0.2) is 4.98 Å². The molecular weight excluding hydrogens is 466 g/mol. The first-order chi connectivity index (χ1) is 18.0. The first-order valence-corrected chi connectivity index (χ1v) is 13.4. The van der Waals surface area contributed by atoms with Gasteiger partial charge in [-0.05, 0) is 81.9 Å². The molecule has 8 nitrogen and oxygen atoms in total. The summed E-state index contributed by atoms with van der Waals surface area (Å²) in [4.78, 5) is 44.8. The molecule has 1 atom stereocenters. The molecule has 2 fully saturated rings. The molecule has 3 heterocycles. The zero-order valence-corrected chi connectivity index (χ0v) is 21.5. The van der Waals surface area contributed by atoms with Crippen molar-refractivity contribution < 1.29 is 9.59 Å². The maximum Gasteiger partial charge on any atom is 0.264 e. The molecule has 1 aromatic heterocycles. The van der Waals surface area contributed by atoms with Gasteiger partial charge in [-0.1, -0.05) is 36.8 Å². The van der Waals surface area contributed by atoms with Crippen LogP contribution in [0.4, 0.5) is 5.69 Å². The van der Waals surface area contributed by atoms with E-state index in [9.17, 15) is 14.4 Å². The minimum absolute atomic E-state index is 0.203. The standard InChI is InChI=1S/C29H35N5O3/c1-20-31-24-9-5-8-23(27(24)29(37)34(20)25-14-15-26(35)32-28(25)36)30-19-22-12-10-21(11-13-22)7-6-18-33-16-3-2-4-17-33/h5,8-13,25,30H,2-4,6-7,14-19H2,1H3,(H,32,35,36). The van der Waals surface area contributed by atoms with E-state index >= 15 is 0 Å². The summed E-state index contributed by atoms with van der Waals surface area (Å²) in [5.74, 6) is -0.305. The van der Waals surface area contributed by atoms with Gasteiger partial charge in [-0.3, -0.25) is 24.3 Å². The van der Waals surface area contributed by atoms with E-state index < -0.39 is 11.9 Å². The minimum atomic E-state index is -0.738. The lowest BCUT2D eigenvalue weighted by Crippen LogP contribution is -2.45. The van der Waals surface area contributed by atoms with Crippen molar-refractivity contribution in [2.75, 3.05) is 25.0 Å². The molecule has 0 radical (unpaired) electrons. The fourth-order valence-electron chi connectivity index (χ4n) is 5.51. The number of nitrogens with zero attached hydrogens (tertiary/aromatic N) is 3. The van der Waals surface area contributed by atoms with Crippen LogP contribution in [0.5, 0.6) is 0 Å². The van der Waals surface area contributed by atoms with Crippen molar-refractivity contribution in [1.82, 2.24) is 19.8 Å². The maximum absolute atomic E-state index is 13.6. The monoisotopic (exact) mass is 501 g/mol. The Labute approximate surface area is 217 Å². The molecular formula is C29H35N5O3. The van der Waals surface area contributed by atoms with Crippen molar-refractivity contribution in [1.29, 1.82) is 0 Å². The van der Waals surface area contributed by atoms with Gasteiger partial charge in [0.05, 0.1) is 10.9 Å². The zero-order valence-electron chi connectivity index (χ0n) is 21.5. The number of carbonyl (C=O) groups excluding carboxylic acids is 2. The number of rotatable bonds is 8. The van der Waals surface area contributed by atoms with Gasteiger partial charge in [-0.15, -0.1) is 0 Å². The summed E-state index contributed by atoms with van der Waals surface area (Å²) >= 11 is 0. The second kappa shape index (κ2) is 11.3. The van der Waals surface area contributed by atoms with Crippen molar-refractivity contribution in [3.05, 3.63) is 69.8 Å². The van der Waals surface area contributed by atoms with E-state index in [2.05, 4.69) is 44.8 Å². The predicted molar refractivity (Wildman–Crippen MR) is 145 cm³/mol. The first-order valence-electron chi connectivity index (χ1n) is 13.4. The fourth-order valence-corrected chi connectivity index (χ4v) is 5.51. The van der Waals surface area contributed by atoms with Crippen LogP contribution in [0, 0.1) is 6.92 Å². The Morgan fingerprint density at radius 3 is 2.51 bits per heavy atom. The van der Waals surface area contributed by atoms with Gasteiger partial charge in [0.25, 0.3) is 5.56 Å². The average molecular weight is 502 g/mol. The molecule has 3 aromatic rings. The van der Waals surface area contributed by atoms with Crippen molar-refractivity contribution in [2.24, 2.45) is 0 Å². The van der Waals surface area contributed by atoms with Gasteiger partial charge in [0.1, 0.15) is 11.9 Å². The fraction of sp³-hybridized carbons (Fsp3) is 0.448. The van der Waals surface area contributed by atoms with Crippen molar-refractivity contribution in [2.45, 2.75) is 64.5 Å². The highest BCUT2D eigenvalue weighted by Gasteiger charge is 2.30. The predicted octanol–water partition coefficient (Wildman–Crippen LogP) is 3.71. The summed E-state index contributed by atoms with van der Waals surface area (Å²) < 4.78 is 1.42. The van der Waals surface area contributed by atoms with Gasteiger partial charge in [0.2, 0.25) is 11.8 Å². The molecule has 0 spiro atoms. The van der Waals surface area contributed by atoms with Crippen LogP contribution in [-0.2, 0) is 22.6 Å². The summed E-state index contributed by atoms with van der Waals surface area (Å²) in [7, 11) is 0. The molecule has 0 saturated carbocycles. The van der Waals surface area contributed by atoms with Crippen LogP contribution < -0.4 is 16.2 Å². The Kier molecular flexibility index (Phi) is 7.65. The molecule has 2 aromatic carbocycles. The number of imide groups is 1. The lowest BCUT2D eigenvalue weighted by Gasteiger charge is -2.26. The smallest absolute Gasteiger partial charge is 0.264 e. The molecule has 2 saturated heterocycles. The van der Waals surface area contributed by atoms with Crippen molar-refractivity contribution in [3.63, 3.8) is 0 Å². The molecule has 2 aliphatic heterocycles. The van der Waals surface area contributed by atoms with E-state index in [4.69, 9.17) is 0 Å². The number of aryl methyl sites for hydroxylation is 2. The highest BCUT2D eigenvalue weighted by atomic mass is 16.2. The normalized spacial score (nSPS) is 18.7. The third-order valence-corrected chi connectivity index (χ3v) is 7.52. The second-order valence-electron chi connectivity index (χ2n) is 10.2. The van der Waals surface area contributed by atoms with E-state index in [-0.39, 0.29) is 17.9 Å². The first kappa shape index (κ1) is 25.1. The molecule has 1 unspecified atom stereocenters. The molecule has 5 rings (SSSR count). The number of hydrogen-bond donors (Lipinski definition) is 2. The van der Waals surface area contributed by atoms with Crippen LogP contribution in [0.2, 0.25) is 0 Å². The van der Waals surface area contributed by atoms with Crippen LogP contribution >= 0.6 is 0 Å². The molecule has 8 heteroatoms. The number of nitrogens with one attached hydrogen (secondary N) is 2. The third kappa shape index (κ3) is 5.74. The van der Waals surface area contributed by atoms with Gasteiger partial charge >= 0.3 is 0 Å². The van der Waals surface area contributed by atoms with E-state index in [0.29, 0.717) is 35.4 Å². The Hall–Kier alpha value is -3.52. The third-order valence-electron chi connectivity index (χ3n) is 7.52. The number of hydrogen-bond acceptors (Lipinski definition) is 6. The van der Waals surface area contributed by atoms with Crippen LogP contribution in [-0.4, -0.2) is 45.9 Å². The SMILES string of the molecule is Cc1nc2cccc(NCc3ccc(CCCN4CCCCC4)cc3)c2c(=O)n1C1CCC(=O)NC1=O. The lowest BCUT2D eigenvalue weighted by atomic mass is 10.0. The molecule has 0 bridgehead atoms. The van der Waals surface area contributed by atoms with Gasteiger partial charge in [-0.2, -0.15) is 0 Å². The minimum Gasteiger partial charge on any atom is -0.380 e. The van der Waals surface area contributed by atoms with E-state index in [0.717, 1.165) is 12.0 Å². The van der Waals surface area contributed by atoms with Gasteiger partial charge < -0.3 is 10.2 Å². The molecule has 0 aliphatic carbocycles. The van der Waals surface area contributed by atoms with E-state index in [1.807, 2.05) is 18.2 Å². The molecule has 2 aliphatic rings. The molecule has 194 valence electrons. The Balaban J connectivity index is 1.28. The van der Waals surface area contributed by atoms with Gasteiger partial charge in [0.15, 0.2) is 0 Å². The summed E-state index contributed by atoms with van der Waals surface area (Å²) in [5, 5.41) is 6.20. The zero-order chi connectivity index (χ0) is 25.8. The molecule has 37 heavy (non-hydrogen) atoms. The van der Waals surface area contributed by atoms with E-state index in [1.54, 1.807) is 6.92 Å². The van der Waals surface area contributed by atoms with Crippen LogP contribution in [0.25, 0.3) is 10.9 Å². The summed E-state index contributed by atoms with van der Waals surface area (Å²) in [5.41, 5.74) is 3.46. The topological polar surface area (TPSA) is 96.3 Å². The van der Waals surface area contributed by atoms with Crippen molar-refractivity contribution in [3.8, 4) is 0 Å². The number of amides is 2. The number of benzene rings is 2. The number of piperidine rings is 2. The Bertz CT molecular complexity index is 1340. The number of aromatic nitrogens is 2. The number of likely N-dealkylation sites (tertiary alicyclic amines) is 1. The summed E-state index contributed by atoms with van der Waals surface area (Å²) in [6.07, 6.45) is 6.79. The van der Waals surface area contributed by atoms with Gasteiger partial charge in [0, 0.05) is 18.7 Å². The quantitative estimate of drug-likeness (QED) is 0.457. The Morgan fingerprint density at radius 2 is 1.76 bits per heavy atom. The summed E-state index contributed by atoms with van der Waals surface area (Å²) in [6, 6.07) is 13.5. The Morgan fingerprint density at radius 1 is 1.00 bits per heavy atom. The maximum atomic E-state index is 13.6. The van der Waals surface area contributed by atoms with Crippen LogP contribution in [0.3, 0.4) is 0 Å². The largest absolute Gasteiger partial charge is 0.380 e. The summed E-state index contributed by atoms with van der Waals surface area (Å²) in [6.45, 7) is 5.95. The van der Waals surface area contributed by atoms with E-state index in [1.165, 1.54) is 55.4 Å². The number of anilines is 1. The second-order valence-corrected chi connectivity index (χ2v) is 10.2. The highest BCUT2D eigenvalue weighted by molar-refractivity contribution is 5.99. The van der Waals surface area contributed by atoms with Crippen LogP contribution in [0.1, 0.15) is 61.5 Å². The molecule has 2 amide bonds. The average Bonchev–Trinajstić information content (AvgIpc) is 2.90. The number of carbonyl (C=O) groups is 2.